The van der Waals surface area contributed by atoms with Crippen molar-refractivity contribution in [3.8, 4) is 12.3 Å². The van der Waals surface area contributed by atoms with E-state index in [1.807, 2.05) is 19.1 Å². The van der Waals surface area contributed by atoms with Crippen molar-refractivity contribution < 1.29 is 22.7 Å². The summed E-state index contributed by atoms with van der Waals surface area (Å²) in [6.07, 6.45) is 5.65. The predicted octanol–water partition coefficient (Wildman–Crippen LogP) is 1.73. The summed E-state index contributed by atoms with van der Waals surface area (Å²) in [5.74, 6) is 0.898. The van der Waals surface area contributed by atoms with E-state index < -0.39 is 28.5 Å². The number of amides is 1. The zero-order chi connectivity index (χ0) is 21.0. The maximum atomic E-state index is 13.3. The van der Waals surface area contributed by atoms with Crippen molar-refractivity contribution in [2.24, 2.45) is 0 Å². The molecule has 2 aromatic carbocycles. The Hall–Kier alpha value is -3.31. The summed E-state index contributed by atoms with van der Waals surface area (Å²) in [5.41, 5.74) is 1.63. The molecule has 0 radical (unpaired) electrons. The summed E-state index contributed by atoms with van der Waals surface area (Å²) in [5, 5.41) is 2.37. The van der Waals surface area contributed by atoms with Gasteiger partial charge in [0.05, 0.1) is 22.7 Å². The lowest BCUT2D eigenvalue weighted by Crippen LogP contribution is -2.35. The lowest BCUT2D eigenvalue weighted by molar-refractivity contribution is -0.123. The smallest absolute Gasteiger partial charge is 0.338 e. The van der Waals surface area contributed by atoms with Crippen LogP contribution in [0.2, 0.25) is 0 Å². The molecule has 3 rings (SSSR count). The normalized spacial score (nSPS) is 15.3. The quantitative estimate of drug-likeness (QED) is 0.576. The van der Waals surface area contributed by atoms with Crippen LogP contribution < -0.4 is 9.62 Å². The number of nitrogens with one attached hydrogen (secondary N) is 1. The first-order valence-corrected chi connectivity index (χ1v) is 10.4. The van der Waals surface area contributed by atoms with E-state index in [2.05, 4.69) is 11.2 Å². The van der Waals surface area contributed by atoms with E-state index in [1.54, 1.807) is 12.1 Å². The maximum absolute atomic E-state index is 13.3. The molecule has 1 atom stereocenters. The van der Waals surface area contributed by atoms with Crippen molar-refractivity contribution >= 4 is 27.6 Å². The fourth-order valence-electron chi connectivity index (χ4n) is 3.22. The van der Waals surface area contributed by atoms with E-state index in [0.29, 0.717) is 12.1 Å². The van der Waals surface area contributed by atoms with Gasteiger partial charge in [-0.25, -0.2) is 13.2 Å². The Balaban J connectivity index is 1.81. The Bertz CT molecular complexity index is 1090. The second-order valence-corrected chi connectivity index (χ2v) is 8.38. The molecule has 0 saturated carbocycles. The maximum Gasteiger partial charge on any atom is 0.338 e. The van der Waals surface area contributed by atoms with Crippen LogP contribution in [-0.2, 0) is 26.0 Å². The van der Waals surface area contributed by atoms with E-state index in [9.17, 15) is 18.0 Å². The summed E-state index contributed by atoms with van der Waals surface area (Å²) in [7, 11) is -3.88. The molecule has 8 heteroatoms. The molecule has 1 N–H and O–H groups in total. The van der Waals surface area contributed by atoms with Crippen LogP contribution in [0, 0.1) is 12.3 Å². The molecular formula is C21H20N2O5S. The molecule has 1 heterocycles. The molecule has 0 fully saturated rings. The summed E-state index contributed by atoms with van der Waals surface area (Å²) in [6, 6.07) is 12.7. The second-order valence-electron chi connectivity index (χ2n) is 6.57. The average Bonchev–Trinajstić information content (AvgIpc) is 3.06. The fraction of sp³-hybridized carbons (Fsp3) is 0.238. The molecule has 1 aliphatic heterocycles. The Morgan fingerprint density at radius 1 is 1.24 bits per heavy atom. The monoisotopic (exact) mass is 412 g/mol. The van der Waals surface area contributed by atoms with Crippen molar-refractivity contribution in [2.45, 2.75) is 24.3 Å². The molecule has 1 aliphatic rings. The highest BCUT2D eigenvalue weighted by atomic mass is 32.2. The number of rotatable bonds is 6. The van der Waals surface area contributed by atoms with Crippen LogP contribution in [0.3, 0.4) is 0 Å². The van der Waals surface area contributed by atoms with E-state index in [1.165, 1.54) is 28.6 Å². The number of anilines is 1. The molecule has 0 aromatic heterocycles. The first-order chi connectivity index (χ1) is 13.8. The van der Waals surface area contributed by atoms with Gasteiger partial charge >= 0.3 is 5.97 Å². The van der Waals surface area contributed by atoms with Crippen LogP contribution in [0.25, 0.3) is 0 Å². The van der Waals surface area contributed by atoms with Crippen LogP contribution >= 0.6 is 0 Å². The molecule has 7 nitrogen and oxygen atoms in total. The highest BCUT2D eigenvalue weighted by Gasteiger charge is 2.36. The topological polar surface area (TPSA) is 92.8 Å². The minimum absolute atomic E-state index is 0.0210. The van der Waals surface area contributed by atoms with Crippen LogP contribution in [-0.4, -0.2) is 39.5 Å². The Labute approximate surface area is 169 Å². The van der Waals surface area contributed by atoms with Gasteiger partial charge in [0.1, 0.15) is 0 Å². The molecule has 0 aliphatic carbocycles. The molecular weight excluding hydrogens is 392 g/mol. The predicted molar refractivity (Wildman–Crippen MR) is 108 cm³/mol. The number of benzene rings is 2. The molecule has 29 heavy (non-hydrogen) atoms. The zero-order valence-corrected chi connectivity index (χ0v) is 16.6. The number of para-hydroxylation sites is 1. The third kappa shape index (κ3) is 4.25. The molecule has 150 valence electrons. The fourth-order valence-corrected chi connectivity index (χ4v) is 4.95. The summed E-state index contributed by atoms with van der Waals surface area (Å²) >= 11 is 0. The number of nitrogens with zero attached hydrogens (tertiary/aromatic N) is 1. The number of esters is 1. The number of fused-ring (bicyclic) bond motifs is 1. The van der Waals surface area contributed by atoms with E-state index >= 15 is 0 Å². The average molecular weight is 412 g/mol. The third-order valence-corrected chi connectivity index (χ3v) is 6.42. The van der Waals surface area contributed by atoms with Gasteiger partial charge in [-0.05, 0) is 43.2 Å². The van der Waals surface area contributed by atoms with Gasteiger partial charge in [0.25, 0.3) is 15.9 Å². The van der Waals surface area contributed by atoms with Gasteiger partial charge in [-0.3, -0.25) is 9.10 Å². The van der Waals surface area contributed by atoms with Crippen LogP contribution in [0.4, 0.5) is 5.69 Å². The molecule has 0 spiro atoms. The highest BCUT2D eigenvalue weighted by Crippen LogP contribution is 2.36. The van der Waals surface area contributed by atoms with E-state index in [-0.39, 0.29) is 23.0 Å². The van der Waals surface area contributed by atoms with Crippen molar-refractivity contribution in [3.05, 3.63) is 59.7 Å². The van der Waals surface area contributed by atoms with Crippen molar-refractivity contribution in [3.63, 3.8) is 0 Å². The number of terminal acetylenes is 1. The first kappa shape index (κ1) is 20.4. The van der Waals surface area contributed by atoms with Crippen LogP contribution in [0.5, 0.6) is 0 Å². The summed E-state index contributed by atoms with van der Waals surface area (Å²) in [6.45, 7) is 1.36. The van der Waals surface area contributed by atoms with Gasteiger partial charge in [0, 0.05) is 6.04 Å². The number of carbonyl (C=O) groups excluding carboxylic acids is 2. The lowest BCUT2D eigenvalue weighted by Gasteiger charge is -2.24. The number of sulfonamides is 1. The standard InChI is InChI=1S/C21H20N2O5S/c1-3-11-22-20(24)14-28-21(25)17-8-6-9-18(13-17)29(26,27)23-15(2)12-16-7-4-5-10-19(16)23/h1,4-10,13,15H,11-12,14H2,2H3,(H,22,24)/t15-/m1/s1. The van der Waals surface area contributed by atoms with Crippen molar-refractivity contribution in [1.29, 1.82) is 0 Å². The molecule has 0 unspecified atom stereocenters. The largest absolute Gasteiger partial charge is 0.452 e. The number of hydrogen-bond acceptors (Lipinski definition) is 5. The van der Waals surface area contributed by atoms with Gasteiger partial charge in [-0.2, -0.15) is 0 Å². The Kier molecular flexibility index (Phi) is 5.89. The number of hydrogen-bond donors (Lipinski definition) is 1. The van der Waals surface area contributed by atoms with E-state index in [0.717, 1.165) is 5.56 Å². The van der Waals surface area contributed by atoms with Crippen molar-refractivity contribution in [1.82, 2.24) is 5.32 Å². The van der Waals surface area contributed by atoms with Crippen LogP contribution in [0.15, 0.2) is 53.4 Å². The molecule has 1 amide bonds. The Morgan fingerprint density at radius 2 is 2.00 bits per heavy atom. The Morgan fingerprint density at radius 3 is 2.76 bits per heavy atom. The van der Waals surface area contributed by atoms with Gasteiger partial charge < -0.3 is 10.1 Å². The SMILES string of the molecule is C#CCNC(=O)COC(=O)c1cccc(S(=O)(=O)N2c3ccccc3C[C@H]2C)c1. The highest BCUT2D eigenvalue weighted by molar-refractivity contribution is 7.92. The van der Waals surface area contributed by atoms with Gasteiger partial charge in [-0.1, -0.05) is 30.2 Å². The third-order valence-electron chi connectivity index (χ3n) is 4.49. The first-order valence-electron chi connectivity index (χ1n) is 8.94. The van der Waals surface area contributed by atoms with E-state index in [4.69, 9.17) is 11.2 Å². The number of carbonyl (C=O) groups is 2. The van der Waals surface area contributed by atoms with Crippen molar-refractivity contribution in [2.75, 3.05) is 17.5 Å². The minimum atomic E-state index is -3.88. The molecule has 2 aromatic rings. The second kappa shape index (κ2) is 8.37. The zero-order valence-electron chi connectivity index (χ0n) is 15.8. The molecule has 0 saturated heterocycles. The summed E-state index contributed by atoms with van der Waals surface area (Å²) < 4.78 is 32.8. The van der Waals surface area contributed by atoms with Gasteiger partial charge in [-0.15, -0.1) is 6.42 Å². The van der Waals surface area contributed by atoms with Crippen LogP contribution in [0.1, 0.15) is 22.8 Å². The van der Waals surface area contributed by atoms with Gasteiger partial charge in [0.15, 0.2) is 6.61 Å². The molecule has 0 bridgehead atoms. The minimum Gasteiger partial charge on any atom is -0.452 e. The van der Waals surface area contributed by atoms with Gasteiger partial charge in [0.2, 0.25) is 0 Å². The lowest BCUT2D eigenvalue weighted by atomic mass is 10.1. The summed E-state index contributed by atoms with van der Waals surface area (Å²) in [4.78, 5) is 23.7. The number of ether oxygens (including phenoxy) is 1.